The van der Waals surface area contributed by atoms with Gasteiger partial charge in [0, 0.05) is 21.4 Å². The zero-order chi connectivity index (χ0) is 24.5. The number of nitrogens with zero attached hydrogens (tertiary/aromatic N) is 1. The molecule has 5 nitrogen and oxygen atoms in total. The zero-order valence-electron chi connectivity index (χ0n) is 18.6. The van der Waals surface area contributed by atoms with Crippen molar-refractivity contribution >= 4 is 63.0 Å². The van der Waals surface area contributed by atoms with E-state index in [1.165, 1.54) is 5.56 Å². The molecule has 0 spiro atoms. The number of ether oxygens (including phenoxy) is 2. The maximum absolute atomic E-state index is 12.3. The Bertz CT molecular complexity index is 1160. The normalized spacial score (nSPS) is 11.9. The first-order valence-electron chi connectivity index (χ1n) is 10.3. The summed E-state index contributed by atoms with van der Waals surface area (Å²) in [6, 6.07) is 18.9. The van der Waals surface area contributed by atoms with Crippen LogP contribution in [0.3, 0.4) is 0 Å². The third kappa shape index (κ3) is 7.67. The van der Waals surface area contributed by atoms with E-state index in [4.69, 9.17) is 32.7 Å². The number of benzene rings is 3. The maximum atomic E-state index is 12.3. The number of amides is 1. The van der Waals surface area contributed by atoms with Crippen molar-refractivity contribution in [3.05, 3.63) is 91.9 Å². The average molecular weight is 582 g/mol. The van der Waals surface area contributed by atoms with E-state index in [1.54, 1.807) is 43.3 Å². The highest BCUT2D eigenvalue weighted by molar-refractivity contribution is 9.10. The fourth-order valence-electron chi connectivity index (χ4n) is 2.88. The zero-order valence-corrected chi connectivity index (χ0v) is 22.5. The number of thioether (sulfide) groups is 1. The lowest BCUT2D eigenvalue weighted by Gasteiger charge is -2.14. The number of methoxy groups -OCH3 is 1. The Morgan fingerprint density at radius 3 is 2.65 bits per heavy atom. The van der Waals surface area contributed by atoms with E-state index in [-0.39, 0.29) is 17.8 Å². The molecule has 1 N–H and O–H groups in total. The van der Waals surface area contributed by atoms with Crippen LogP contribution in [-0.2, 0) is 17.2 Å². The molecule has 0 aliphatic heterocycles. The second-order valence-corrected chi connectivity index (χ2v) is 10.3. The summed E-state index contributed by atoms with van der Waals surface area (Å²) in [5, 5.41) is 4.94. The smallest absolute Gasteiger partial charge is 0.252 e. The van der Waals surface area contributed by atoms with Gasteiger partial charge in [0.2, 0.25) is 0 Å². The highest BCUT2D eigenvalue weighted by atomic mass is 79.9. The summed E-state index contributed by atoms with van der Waals surface area (Å²) in [5.74, 6) is 1.63. The molecule has 0 saturated carbocycles. The molecule has 0 saturated heterocycles. The van der Waals surface area contributed by atoms with Crippen LogP contribution in [0.1, 0.15) is 23.6 Å². The molecule has 1 amide bonds. The fraction of sp³-hybridized carbons (Fsp3) is 0.200. The first-order chi connectivity index (χ1) is 16.4. The third-order valence-electron chi connectivity index (χ3n) is 4.74. The van der Waals surface area contributed by atoms with Crippen molar-refractivity contribution < 1.29 is 14.3 Å². The van der Waals surface area contributed by atoms with Gasteiger partial charge in [0.15, 0.2) is 11.5 Å². The minimum atomic E-state index is -0.242. The van der Waals surface area contributed by atoms with Gasteiger partial charge in [-0.3, -0.25) is 4.79 Å². The van der Waals surface area contributed by atoms with Crippen LogP contribution in [0, 0.1) is 0 Å². The van der Waals surface area contributed by atoms with Crippen LogP contribution in [0.5, 0.6) is 11.5 Å². The maximum Gasteiger partial charge on any atom is 0.252 e. The number of nitrogens with one attached hydrogen (secondary N) is 1. The molecule has 0 radical (unpaired) electrons. The molecule has 0 heterocycles. The molecule has 1 atom stereocenters. The summed E-state index contributed by atoms with van der Waals surface area (Å²) in [4.78, 5) is 12.3. The van der Waals surface area contributed by atoms with E-state index in [1.807, 2.05) is 49.4 Å². The van der Waals surface area contributed by atoms with Crippen molar-refractivity contribution in [2.45, 2.75) is 24.5 Å². The van der Waals surface area contributed by atoms with Gasteiger partial charge in [-0.05, 0) is 58.2 Å². The van der Waals surface area contributed by atoms with Crippen molar-refractivity contribution in [3.63, 3.8) is 0 Å². The highest BCUT2D eigenvalue weighted by Gasteiger charge is 2.14. The van der Waals surface area contributed by atoms with Gasteiger partial charge in [-0.1, -0.05) is 59.6 Å². The molecule has 0 unspecified atom stereocenters. The molecular formula is C25H23BrCl2N2O3S. The molecule has 178 valence electrons. The van der Waals surface area contributed by atoms with Crippen LogP contribution in [0.25, 0.3) is 0 Å². The van der Waals surface area contributed by atoms with Gasteiger partial charge in [0.25, 0.3) is 5.91 Å². The van der Waals surface area contributed by atoms with Gasteiger partial charge in [-0.15, -0.1) is 11.8 Å². The molecule has 3 aromatic carbocycles. The number of hydrogen-bond acceptors (Lipinski definition) is 5. The lowest BCUT2D eigenvalue weighted by molar-refractivity contribution is -0.120. The Hall–Kier alpha value is -2.19. The van der Waals surface area contributed by atoms with Crippen LogP contribution in [0.15, 0.2) is 70.2 Å². The SMILES string of the molecule is COc1cc(/C=N\NC(=O)[C@H](C)SCc2ccccc2)cc(Br)c1OCc1ccc(Cl)cc1Cl. The second-order valence-electron chi connectivity index (χ2n) is 7.23. The molecule has 3 aromatic rings. The molecule has 0 fully saturated rings. The van der Waals surface area contributed by atoms with E-state index in [0.29, 0.717) is 26.0 Å². The average Bonchev–Trinajstić information content (AvgIpc) is 2.83. The lowest BCUT2D eigenvalue weighted by atomic mass is 10.2. The van der Waals surface area contributed by atoms with Crippen molar-refractivity contribution in [2.75, 3.05) is 7.11 Å². The van der Waals surface area contributed by atoms with E-state index < -0.39 is 0 Å². The van der Waals surface area contributed by atoms with Gasteiger partial charge >= 0.3 is 0 Å². The van der Waals surface area contributed by atoms with Gasteiger partial charge in [0.1, 0.15) is 6.61 Å². The molecule has 0 bridgehead atoms. The quantitative estimate of drug-likeness (QED) is 0.205. The molecule has 34 heavy (non-hydrogen) atoms. The van der Waals surface area contributed by atoms with Crippen LogP contribution in [0.4, 0.5) is 0 Å². The van der Waals surface area contributed by atoms with Gasteiger partial charge in [-0.25, -0.2) is 5.43 Å². The van der Waals surface area contributed by atoms with Crippen LogP contribution < -0.4 is 14.9 Å². The largest absolute Gasteiger partial charge is 0.493 e. The molecule has 0 aromatic heterocycles. The summed E-state index contributed by atoms with van der Waals surface area (Å²) >= 11 is 17.3. The number of halogens is 3. The van der Waals surface area contributed by atoms with Crippen molar-refractivity contribution in [2.24, 2.45) is 5.10 Å². The number of carbonyl (C=O) groups excluding carboxylic acids is 1. The first kappa shape index (κ1) is 26.4. The van der Waals surface area contributed by atoms with E-state index in [2.05, 4.69) is 26.5 Å². The van der Waals surface area contributed by atoms with E-state index in [9.17, 15) is 4.79 Å². The van der Waals surface area contributed by atoms with E-state index >= 15 is 0 Å². The summed E-state index contributed by atoms with van der Waals surface area (Å²) in [6.07, 6.45) is 1.56. The fourth-order valence-corrected chi connectivity index (χ4v) is 4.75. The van der Waals surface area contributed by atoms with Crippen LogP contribution in [0.2, 0.25) is 10.0 Å². The van der Waals surface area contributed by atoms with E-state index in [0.717, 1.165) is 16.9 Å². The van der Waals surface area contributed by atoms with Gasteiger partial charge in [-0.2, -0.15) is 5.10 Å². The summed E-state index contributed by atoms with van der Waals surface area (Å²) < 4.78 is 12.1. The first-order valence-corrected chi connectivity index (χ1v) is 12.9. The third-order valence-corrected chi connectivity index (χ3v) is 7.13. The highest BCUT2D eigenvalue weighted by Crippen LogP contribution is 2.37. The Labute approximate surface area is 222 Å². The second kappa shape index (κ2) is 13.0. The summed E-state index contributed by atoms with van der Waals surface area (Å²) in [6.45, 7) is 2.10. The number of carbonyl (C=O) groups is 1. The Balaban J connectivity index is 1.59. The number of rotatable bonds is 10. The number of hydrazone groups is 1. The monoisotopic (exact) mass is 580 g/mol. The predicted octanol–water partition coefficient (Wildman–Crippen LogP) is 7.12. The minimum absolute atomic E-state index is 0.164. The van der Waals surface area contributed by atoms with Crippen molar-refractivity contribution in [1.82, 2.24) is 5.43 Å². The summed E-state index contributed by atoms with van der Waals surface area (Å²) in [5.41, 5.74) is 5.29. The van der Waals surface area contributed by atoms with Crippen molar-refractivity contribution in [1.29, 1.82) is 0 Å². The van der Waals surface area contributed by atoms with Gasteiger partial charge in [0.05, 0.1) is 23.0 Å². The lowest BCUT2D eigenvalue weighted by Crippen LogP contribution is -2.27. The van der Waals surface area contributed by atoms with Crippen LogP contribution in [-0.4, -0.2) is 24.5 Å². The molecule has 3 rings (SSSR count). The topological polar surface area (TPSA) is 59.9 Å². The standard InChI is InChI=1S/C25H23BrCl2N2O3S/c1-16(34-15-17-6-4-3-5-7-17)25(31)30-29-13-18-10-21(26)24(23(11-18)32-2)33-14-19-8-9-20(27)12-22(19)28/h3-13,16H,14-15H2,1-2H3,(H,30,31)/b29-13-/t16-/m0/s1. The Morgan fingerprint density at radius 2 is 1.94 bits per heavy atom. The molecule has 0 aliphatic carbocycles. The van der Waals surface area contributed by atoms with Crippen molar-refractivity contribution in [3.8, 4) is 11.5 Å². The predicted molar refractivity (Wildman–Crippen MR) is 144 cm³/mol. The molecule has 9 heteroatoms. The van der Waals surface area contributed by atoms with Crippen LogP contribution >= 0.6 is 50.9 Å². The Kier molecular flexibility index (Phi) is 10.1. The Morgan fingerprint density at radius 1 is 1.18 bits per heavy atom. The summed E-state index contributed by atoms with van der Waals surface area (Å²) in [7, 11) is 1.55. The number of hydrogen-bond donors (Lipinski definition) is 1. The molecular weight excluding hydrogens is 559 g/mol. The van der Waals surface area contributed by atoms with Gasteiger partial charge < -0.3 is 9.47 Å². The minimum Gasteiger partial charge on any atom is -0.493 e. The molecule has 0 aliphatic rings.